The van der Waals surface area contributed by atoms with Crippen LogP contribution in [0.1, 0.15) is 47.8 Å². The summed E-state index contributed by atoms with van der Waals surface area (Å²) >= 11 is 1.74. The number of aromatic nitrogens is 1. The van der Waals surface area contributed by atoms with Crippen LogP contribution in [0.15, 0.2) is 18.3 Å². The van der Waals surface area contributed by atoms with Crippen LogP contribution in [-0.4, -0.2) is 36.1 Å². The number of nitriles is 1. The molecule has 0 amide bonds. The predicted molar refractivity (Wildman–Crippen MR) is 109 cm³/mol. The Morgan fingerprint density at radius 2 is 1.93 bits per heavy atom. The summed E-state index contributed by atoms with van der Waals surface area (Å²) in [6, 6.07) is 5.87. The minimum absolute atomic E-state index is 0.166. The van der Waals surface area contributed by atoms with Crippen molar-refractivity contribution < 1.29 is 4.39 Å². The molecule has 2 aromatic rings. The number of thiazole rings is 1. The number of hydrogen-bond donors (Lipinski definition) is 0. The molecule has 4 nitrogen and oxygen atoms in total. The first-order valence-electron chi connectivity index (χ1n) is 9.53. The van der Waals surface area contributed by atoms with Crippen LogP contribution in [0, 0.1) is 30.0 Å². The number of anilines is 1. The molecule has 1 aromatic heterocycles. The van der Waals surface area contributed by atoms with Gasteiger partial charge in [0, 0.05) is 37.3 Å². The third kappa shape index (κ3) is 4.48. The van der Waals surface area contributed by atoms with Crippen molar-refractivity contribution in [3.8, 4) is 6.07 Å². The van der Waals surface area contributed by atoms with Gasteiger partial charge in [-0.25, -0.2) is 9.37 Å². The molecule has 0 radical (unpaired) electrons. The van der Waals surface area contributed by atoms with E-state index in [2.05, 4.69) is 48.5 Å². The van der Waals surface area contributed by atoms with Crippen molar-refractivity contribution in [1.29, 1.82) is 5.26 Å². The second-order valence-corrected chi connectivity index (χ2v) is 8.96. The molecular weight excluding hydrogens is 359 g/mol. The zero-order valence-electron chi connectivity index (χ0n) is 16.5. The van der Waals surface area contributed by atoms with E-state index >= 15 is 0 Å². The summed E-state index contributed by atoms with van der Waals surface area (Å²) in [6.45, 7) is 11.8. The first-order valence-corrected chi connectivity index (χ1v) is 10.3. The maximum Gasteiger partial charge on any atom is 0.143 e. The van der Waals surface area contributed by atoms with Gasteiger partial charge in [-0.2, -0.15) is 5.26 Å². The number of aryl methyl sites for hydroxylation is 1. The smallest absolute Gasteiger partial charge is 0.143 e. The lowest BCUT2D eigenvalue weighted by molar-refractivity contribution is 0.198. The van der Waals surface area contributed by atoms with Crippen molar-refractivity contribution in [3.63, 3.8) is 0 Å². The lowest BCUT2D eigenvalue weighted by atomic mass is 9.99. The van der Waals surface area contributed by atoms with Crippen molar-refractivity contribution in [2.75, 3.05) is 31.1 Å². The molecule has 0 N–H and O–H groups in total. The van der Waals surface area contributed by atoms with Crippen LogP contribution in [0.25, 0.3) is 0 Å². The highest BCUT2D eigenvalue weighted by atomic mass is 32.1. The van der Waals surface area contributed by atoms with Crippen molar-refractivity contribution >= 4 is 17.0 Å². The van der Waals surface area contributed by atoms with E-state index < -0.39 is 5.82 Å². The zero-order chi connectivity index (χ0) is 19.6. The van der Waals surface area contributed by atoms with Crippen LogP contribution in [0.5, 0.6) is 0 Å². The van der Waals surface area contributed by atoms with Crippen molar-refractivity contribution in [1.82, 2.24) is 9.88 Å². The molecule has 0 bridgehead atoms. The van der Waals surface area contributed by atoms with Gasteiger partial charge in [-0.15, -0.1) is 11.3 Å². The summed E-state index contributed by atoms with van der Waals surface area (Å²) in [7, 11) is 0. The van der Waals surface area contributed by atoms with Crippen molar-refractivity contribution in [2.45, 2.75) is 40.2 Å². The highest BCUT2D eigenvalue weighted by Gasteiger charge is 2.26. The lowest BCUT2D eigenvalue weighted by Crippen LogP contribution is -2.47. The minimum atomic E-state index is -0.403. The third-order valence-corrected chi connectivity index (χ3v) is 6.17. The zero-order valence-corrected chi connectivity index (χ0v) is 17.3. The van der Waals surface area contributed by atoms with E-state index in [-0.39, 0.29) is 11.6 Å². The van der Waals surface area contributed by atoms with E-state index in [9.17, 15) is 9.65 Å². The Hall–Kier alpha value is -1.97. The fraction of sp³-hybridized carbons (Fsp3) is 0.524. The minimum Gasteiger partial charge on any atom is -0.368 e. The number of halogens is 1. The molecule has 1 aliphatic rings. The van der Waals surface area contributed by atoms with Gasteiger partial charge in [0.25, 0.3) is 0 Å². The van der Waals surface area contributed by atoms with Gasteiger partial charge >= 0.3 is 0 Å². The van der Waals surface area contributed by atoms with Crippen molar-refractivity contribution in [2.24, 2.45) is 5.92 Å². The number of rotatable bonds is 5. The largest absolute Gasteiger partial charge is 0.368 e. The maximum atomic E-state index is 14.5. The molecule has 1 aromatic carbocycles. The molecule has 144 valence electrons. The number of nitrogens with zero attached hydrogens (tertiary/aromatic N) is 4. The number of benzene rings is 1. The molecule has 2 heterocycles. The molecule has 1 unspecified atom stereocenters. The van der Waals surface area contributed by atoms with E-state index in [0.29, 0.717) is 5.92 Å². The molecular formula is C21H27FN4S. The topological polar surface area (TPSA) is 43.2 Å². The molecule has 1 fully saturated rings. The van der Waals surface area contributed by atoms with Gasteiger partial charge in [0.1, 0.15) is 22.5 Å². The molecule has 1 atom stereocenters. The van der Waals surface area contributed by atoms with Crippen LogP contribution in [0.4, 0.5) is 10.1 Å². The van der Waals surface area contributed by atoms with Crippen molar-refractivity contribution in [3.05, 3.63) is 45.2 Å². The summed E-state index contributed by atoms with van der Waals surface area (Å²) in [5.41, 5.74) is 1.87. The maximum absolute atomic E-state index is 14.5. The fourth-order valence-corrected chi connectivity index (χ4v) is 4.53. The molecule has 1 aliphatic heterocycles. The van der Waals surface area contributed by atoms with Gasteiger partial charge in [0.15, 0.2) is 0 Å². The molecule has 0 aliphatic carbocycles. The van der Waals surface area contributed by atoms with Gasteiger partial charge in [-0.1, -0.05) is 13.8 Å². The van der Waals surface area contributed by atoms with Crippen LogP contribution >= 0.6 is 11.3 Å². The fourth-order valence-electron chi connectivity index (χ4n) is 3.67. The van der Waals surface area contributed by atoms with Gasteiger partial charge in [-0.05, 0) is 43.9 Å². The quantitative estimate of drug-likeness (QED) is 0.756. The van der Waals surface area contributed by atoms with Gasteiger partial charge in [0.2, 0.25) is 0 Å². The van der Waals surface area contributed by atoms with Crippen LogP contribution in [-0.2, 0) is 6.42 Å². The Kier molecular flexibility index (Phi) is 6.13. The van der Waals surface area contributed by atoms with Gasteiger partial charge in [-0.3, -0.25) is 4.90 Å². The third-order valence-electron chi connectivity index (χ3n) is 5.08. The predicted octanol–water partition coefficient (Wildman–Crippen LogP) is 4.54. The number of piperazine rings is 1. The monoisotopic (exact) mass is 386 g/mol. The Bertz CT molecular complexity index is 831. The first kappa shape index (κ1) is 19.8. The summed E-state index contributed by atoms with van der Waals surface area (Å²) in [6.07, 6.45) is 2.74. The molecule has 1 saturated heterocycles. The van der Waals surface area contributed by atoms with E-state index in [1.54, 1.807) is 11.3 Å². The van der Waals surface area contributed by atoms with E-state index in [0.717, 1.165) is 48.9 Å². The molecule has 0 saturated carbocycles. The SMILES string of the molecule is Cc1cnc(C(C)N2CCN(c3cc(CC(C)C)cc(F)c3C#N)CC2)s1. The Morgan fingerprint density at radius 3 is 2.48 bits per heavy atom. The van der Waals surface area contributed by atoms with Crippen LogP contribution in [0.2, 0.25) is 0 Å². The highest BCUT2D eigenvalue weighted by molar-refractivity contribution is 7.11. The molecule has 0 spiro atoms. The van der Waals surface area contributed by atoms with Gasteiger partial charge < -0.3 is 4.90 Å². The van der Waals surface area contributed by atoms with E-state index in [1.807, 2.05) is 12.3 Å². The molecule has 6 heteroatoms. The Balaban J connectivity index is 1.75. The average molecular weight is 387 g/mol. The van der Waals surface area contributed by atoms with E-state index in [4.69, 9.17) is 0 Å². The summed E-state index contributed by atoms with van der Waals surface area (Å²) in [5.74, 6) is 0.0457. The summed E-state index contributed by atoms with van der Waals surface area (Å²) < 4.78 is 14.5. The first-order chi connectivity index (χ1) is 12.9. The highest BCUT2D eigenvalue weighted by Crippen LogP contribution is 2.30. The second kappa shape index (κ2) is 8.37. The Labute approximate surface area is 165 Å². The summed E-state index contributed by atoms with van der Waals surface area (Å²) in [5, 5.41) is 10.6. The number of hydrogen-bond acceptors (Lipinski definition) is 5. The molecule has 3 rings (SSSR count). The summed E-state index contributed by atoms with van der Waals surface area (Å²) in [4.78, 5) is 10.3. The lowest BCUT2D eigenvalue weighted by Gasteiger charge is -2.39. The van der Waals surface area contributed by atoms with Crippen LogP contribution < -0.4 is 4.90 Å². The second-order valence-electron chi connectivity index (χ2n) is 7.69. The average Bonchev–Trinajstić information content (AvgIpc) is 3.06. The standard InChI is InChI=1S/C21H27FN4S/c1-14(2)9-17-10-19(22)18(12-23)20(11-17)26-7-5-25(6-8-26)16(4)21-24-13-15(3)27-21/h10-11,13-14,16H,5-9H2,1-4H3. The van der Waals surface area contributed by atoms with Gasteiger partial charge in [0.05, 0.1) is 11.7 Å². The Morgan fingerprint density at radius 1 is 1.22 bits per heavy atom. The van der Waals surface area contributed by atoms with E-state index in [1.165, 1.54) is 10.9 Å². The normalized spacial score (nSPS) is 16.6. The van der Waals surface area contributed by atoms with Crippen LogP contribution in [0.3, 0.4) is 0 Å². The molecule has 27 heavy (non-hydrogen) atoms.